The number of amides is 1. The minimum Gasteiger partial charge on any atom is -0.481 e. The first kappa shape index (κ1) is 17.1. The van der Waals surface area contributed by atoms with Crippen molar-refractivity contribution in [3.8, 4) is 11.9 Å². The van der Waals surface area contributed by atoms with Gasteiger partial charge in [-0.3, -0.25) is 4.79 Å². The SMILES string of the molecule is COc1cc(C(=O)N2CCCC2c2nc(C(C)C)no2)nc(OC)n1. The van der Waals surface area contributed by atoms with E-state index in [0.717, 1.165) is 12.8 Å². The summed E-state index contributed by atoms with van der Waals surface area (Å²) in [5.74, 6) is 1.29. The van der Waals surface area contributed by atoms with E-state index in [4.69, 9.17) is 14.0 Å². The van der Waals surface area contributed by atoms with Crippen LogP contribution in [-0.4, -0.2) is 51.7 Å². The Kier molecular flexibility index (Phi) is 4.82. The Hall–Kier alpha value is -2.71. The number of methoxy groups -OCH3 is 2. The molecule has 0 spiro atoms. The van der Waals surface area contributed by atoms with Gasteiger partial charge < -0.3 is 18.9 Å². The molecular weight excluding hydrogens is 326 g/mol. The van der Waals surface area contributed by atoms with Gasteiger partial charge in [-0.1, -0.05) is 19.0 Å². The number of carbonyl (C=O) groups is 1. The van der Waals surface area contributed by atoms with Gasteiger partial charge in [0.2, 0.25) is 11.8 Å². The van der Waals surface area contributed by atoms with E-state index in [2.05, 4.69) is 20.1 Å². The molecule has 1 unspecified atom stereocenters. The fraction of sp³-hybridized carbons (Fsp3) is 0.562. The van der Waals surface area contributed by atoms with Crippen LogP contribution in [0.3, 0.4) is 0 Å². The average molecular weight is 347 g/mol. The van der Waals surface area contributed by atoms with Crippen LogP contribution in [0.5, 0.6) is 11.9 Å². The van der Waals surface area contributed by atoms with Crippen LogP contribution in [0.1, 0.15) is 60.9 Å². The Morgan fingerprint density at radius 1 is 1.28 bits per heavy atom. The van der Waals surface area contributed by atoms with Gasteiger partial charge in [-0.05, 0) is 12.8 Å². The van der Waals surface area contributed by atoms with Crippen LogP contribution < -0.4 is 9.47 Å². The summed E-state index contributed by atoms with van der Waals surface area (Å²) in [4.78, 5) is 27.2. The topological polar surface area (TPSA) is 103 Å². The number of nitrogens with zero attached hydrogens (tertiary/aromatic N) is 5. The van der Waals surface area contributed by atoms with E-state index in [9.17, 15) is 4.79 Å². The molecule has 3 heterocycles. The second-order valence-electron chi connectivity index (χ2n) is 6.08. The van der Waals surface area contributed by atoms with Crippen molar-refractivity contribution in [2.24, 2.45) is 0 Å². The first-order valence-electron chi connectivity index (χ1n) is 8.15. The quantitative estimate of drug-likeness (QED) is 0.809. The van der Waals surface area contributed by atoms with Crippen LogP contribution in [0.2, 0.25) is 0 Å². The molecule has 2 aromatic rings. The maximum absolute atomic E-state index is 12.9. The minimum absolute atomic E-state index is 0.0818. The molecule has 2 aromatic heterocycles. The van der Waals surface area contributed by atoms with Crippen LogP contribution in [-0.2, 0) is 0 Å². The molecule has 0 saturated carbocycles. The predicted molar refractivity (Wildman–Crippen MR) is 86.5 cm³/mol. The summed E-state index contributed by atoms with van der Waals surface area (Å²) in [5.41, 5.74) is 0.208. The summed E-state index contributed by atoms with van der Waals surface area (Å²) in [6.45, 7) is 4.58. The Morgan fingerprint density at radius 2 is 2.08 bits per heavy atom. The summed E-state index contributed by atoms with van der Waals surface area (Å²) in [6, 6.07) is 1.32. The highest BCUT2D eigenvalue weighted by atomic mass is 16.5. The van der Waals surface area contributed by atoms with Gasteiger partial charge >= 0.3 is 6.01 Å². The zero-order valence-corrected chi connectivity index (χ0v) is 14.7. The smallest absolute Gasteiger partial charge is 0.320 e. The molecule has 0 aliphatic carbocycles. The Bertz CT molecular complexity index is 738. The van der Waals surface area contributed by atoms with E-state index < -0.39 is 0 Å². The lowest BCUT2D eigenvalue weighted by molar-refractivity contribution is 0.0702. The van der Waals surface area contributed by atoms with Gasteiger partial charge in [0.25, 0.3) is 5.91 Å². The number of likely N-dealkylation sites (tertiary alicyclic amines) is 1. The van der Waals surface area contributed by atoms with E-state index in [1.807, 2.05) is 13.8 Å². The van der Waals surface area contributed by atoms with Gasteiger partial charge in [0.05, 0.1) is 14.2 Å². The molecule has 3 rings (SSSR count). The molecule has 0 radical (unpaired) electrons. The number of rotatable bonds is 5. The van der Waals surface area contributed by atoms with Gasteiger partial charge in [0, 0.05) is 18.5 Å². The zero-order valence-electron chi connectivity index (χ0n) is 14.7. The molecule has 9 nitrogen and oxygen atoms in total. The molecule has 1 aliphatic rings. The number of ether oxygens (including phenoxy) is 2. The van der Waals surface area contributed by atoms with Gasteiger partial charge in [-0.15, -0.1) is 0 Å². The number of hydrogen-bond donors (Lipinski definition) is 0. The minimum atomic E-state index is -0.251. The lowest BCUT2D eigenvalue weighted by Crippen LogP contribution is -2.31. The summed E-state index contributed by atoms with van der Waals surface area (Å²) < 4.78 is 15.5. The van der Waals surface area contributed by atoms with E-state index >= 15 is 0 Å². The van der Waals surface area contributed by atoms with Crippen molar-refractivity contribution in [1.29, 1.82) is 0 Å². The van der Waals surface area contributed by atoms with E-state index in [1.165, 1.54) is 20.3 Å². The summed E-state index contributed by atoms with van der Waals surface area (Å²) in [5, 5.41) is 3.99. The van der Waals surface area contributed by atoms with E-state index in [-0.39, 0.29) is 35.5 Å². The zero-order chi connectivity index (χ0) is 18.0. The normalized spacial score (nSPS) is 17.2. The van der Waals surface area contributed by atoms with Crippen LogP contribution in [0.4, 0.5) is 0 Å². The molecule has 1 saturated heterocycles. The molecule has 1 aliphatic heterocycles. The predicted octanol–water partition coefficient (Wildman–Crippen LogP) is 1.98. The molecule has 1 amide bonds. The van der Waals surface area contributed by atoms with Crippen molar-refractivity contribution in [3.63, 3.8) is 0 Å². The lowest BCUT2D eigenvalue weighted by Gasteiger charge is -2.21. The largest absolute Gasteiger partial charge is 0.481 e. The third kappa shape index (κ3) is 3.40. The Labute approximate surface area is 145 Å². The molecule has 0 bridgehead atoms. The second-order valence-corrected chi connectivity index (χ2v) is 6.08. The summed E-state index contributed by atoms with van der Waals surface area (Å²) in [7, 11) is 2.91. The lowest BCUT2D eigenvalue weighted by atomic mass is 10.2. The van der Waals surface area contributed by atoms with Crippen LogP contribution in [0.15, 0.2) is 10.6 Å². The summed E-state index contributed by atoms with van der Waals surface area (Å²) in [6.07, 6.45) is 1.62. The molecule has 134 valence electrons. The maximum Gasteiger partial charge on any atom is 0.320 e. The van der Waals surface area contributed by atoms with Crippen molar-refractivity contribution in [3.05, 3.63) is 23.5 Å². The monoisotopic (exact) mass is 347 g/mol. The molecule has 9 heteroatoms. The third-order valence-electron chi connectivity index (χ3n) is 4.07. The van der Waals surface area contributed by atoms with Gasteiger partial charge in [0.15, 0.2) is 5.82 Å². The van der Waals surface area contributed by atoms with Crippen molar-refractivity contribution >= 4 is 5.91 Å². The fourth-order valence-electron chi connectivity index (χ4n) is 2.74. The van der Waals surface area contributed by atoms with Crippen LogP contribution >= 0.6 is 0 Å². The summed E-state index contributed by atoms with van der Waals surface area (Å²) >= 11 is 0. The van der Waals surface area contributed by atoms with Crippen molar-refractivity contribution in [2.75, 3.05) is 20.8 Å². The molecule has 1 fully saturated rings. The van der Waals surface area contributed by atoms with Gasteiger partial charge in [-0.25, -0.2) is 0 Å². The van der Waals surface area contributed by atoms with Gasteiger partial charge in [0.1, 0.15) is 11.7 Å². The number of carbonyl (C=O) groups excluding carboxylic acids is 1. The molecule has 25 heavy (non-hydrogen) atoms. The standard InChI is InChI=1S/C16H21N5O4/c1-9(2)13-19-14(25-20-13)11-6-5-7-21(11)15(22)10-8-12(23-3)18-16(17-10)24-4/h8-9,11H,5-7H2,1-4H3. The van der Waals surface area contributed by atoms with Gasteiger partial charge in [-0.2, -0.15) is 15.0 Å². The average Bonchev–Trinajstić information content (AvgIpc) is 3.29. The third-order valence-corrected chi connectivity index (χ3v) is 4.07. The Balaban J connectivity index is 1.87. The first-order chi connectivity index (χ1) is 12.0. The Morgan fingerprint density at radius 3 is 2.72 bits per heavy atom. The van der Waals surface area contributed by atoms with E-state index in [1.54, 1.807) is 4.90 Å². The van der Waals surface area contributed by atoms with E-state index in [0.29, 0.717) is 18.3 Å². The number of hydrogen-bond acceptors (Lipinski definition) is 8. The second kappa shape index (κ2) is 7.04. The van der Waals surface area contributed by atoms with Crippen molar-refractivity contribution < 1.29 is 18.8 Å². The molecule has 0 N–H and O–H groups in total. The highest BCUT2D eigenvalue weighted by Crippen LogP contribution is 2.33. The van der Waals surface area contributed by atoms with Crippen LogP contribution in [0, 0.1) is 0 Å². The highest BCUT2D eigenvalue weighted by Gasteiger charge is 2.35. The number of aromatic nitrogens is 4. The molecule has 1 atom stereocenters. The highest BCUT2D eigenvalue weighted by molar-refractivity contribution is 5.93. The van der Waals surface area contributed by atoms with Crippen LogP contribution in [0.25, 0.3) is 0 Å². The fourth-order valence-corrected chi connectivity index (χ4v) is 2.74. The van der Waals surface area contributed by atoms with Crippen molar-refractivity contribution in [1.82, 2.24) is 25.0 Å². The molecule has 0 aromatic carbocycles. The maximum atomic E-state index is 12.9. The molecular formula is C16H21N5O4. The van der Waals surface area contributed by atoms with Crippen molar-refractivity contribution in [2.45, 2.75) is 38.6 Å². The first-order valence-corrected chi connectivity index (χ1v) is 8.15.